The van der Waals surface area contributed by atoms with Crippen molar-refractivity contribution < 1.29 is 19.9 Å². The maximum Gasteiger partial charge on any atom is 0.491 e. The van der Waals surface area contributed by atoms with Gasteiger partial charge < -0.3 is 20.2 Å². The minimum atomic E-state index is -0.996. The Balaban J connectivity index is 2.61. The number of hydrogen-bond acceptors (Lipinski definition) is 12. The molecule has 2 aromatic heterocycles. The fraction of sp³-hybridized carbons (Fsp3) is 0.500. The molecule has 0 aromatic carbocycles. The van der Waals surface area contributed by atoms with Gasteiger partial charge in [0.25, 0.3) is 0 Å². The van der Waals surface area contributed by atoms with E-state index < -0.39 is 56.8 Å². The Bertz CT molecular complexity index is 873. The standard InChI is InChI=1S/C8H10N12O8/c1-13(19(25)26)3-15-5(9-7(11-15)17(21)22)6-10-8(18(23)24)12-16(6)4-14(2)20(27)28/h3-4H2,1-2H3. The first-order chi connectivity index (χ1) is 13.0. The molecule has 0 spiro atoms. The summed E-state index contributed by atoms with van der Waals surface area (Å²) in [5.41, 5.74) is 0. The summed E-state index contributed by atoms with van der Waals surface area (Å²) in [6, 6.07) is 0. The molecule has 0 bridgehead atoms. The van der Waals surface area contributed by atoms with Crippen LogP contribution >= 0.6 is 0 Å². The predicted octanol–water partition coefficient (Wildman–Crippen LogP) is -1.48. The number of aromatic nitrogens is 6. The van der Waals surface area contributed by atoms with E-state index in [1.165, 1.54) is 0 Å². The molecular weight excluding hydrogens is 392 g/mol. The molecule has 0 aliphatic rings. The molecule has 28 heavy (non-hydrogen) atoms. The average molecular weight is 402 g/mol. The molecule has 0 aliphatic heterocycles. The first kappa shape index (κ1) is 19.8. The maximum atomic E-state index is 11.0. The summed E-state index contributed by atoms with van der Waals surface area (Å²) in [5.74, 6) is -2.91. The molecule has 0 N–H and O–H groups in total. The van der Waals surface area contributed by atoms with E-state index in [2.05, 4.69) is 20.2 Å². The molecule has 0 radical (unpaired) electrons. The van der Waals surface area contributed by atoms with Crippen molar-refractivity contribution in [3.05, 3.63) is 40.5 Å². The highest BCUT2D eigenvalue weighted by molar-refractivity contribution is 5.46. The van der Waals surface area contributed by atoms with Gasteiger partial charge in [-0.25, -0.2) is 20.2 Å². The van der Waals surface area contributed by atoms with E-state index in [4.69, 9.17) is 0 Å². The predicted molar refractivity (Wildman–Crippen MR) is 81.9 cm³/mol. The van der Waals surface area contributed by atoms with Crippen molar-refractivity contribution >= 4 is 11.9 Å². The molecule has 150 valence electrons. The third-order valence-corrected chi connectivity index (χ3v) is 3.08. The van der Waals surface area contributed by atoms with Crippen LogP contribution < -0.4 is 0 Å². The monoisotopic (exact) mass is 402 g/mol. The second-order valence-electron chi connectivity index (χ2n) is 5.06. The lowest BCUT2D eigenvalue weighted by molar-refractivity contribution is -0.656. The van der Waals surface area contributed by atoms with Crippen LogP contribution in [-0.2, 0) is 13.3 Å². The molecule has 20 heteroatoms. The number of nitrogens with zero attached hydrogens (tertiary/aromatic N) is 12. The van der Waals surface area contributed by atoms with E-state index in [1.54, 1.807) is 0 Å². The van der Waals surface area contributed by atoms with Gasteiger partial charge in [0.15, 0.2) is 23.4 Å². The van der Waals surface area contributed by atoms with Gasteiger partial charge in [0.2, 0.25) is 0 Å². The van der Waals surface area contributed by atoms with E-state index in [1.807, 2.05) is 0 Å². The number of nitro groups is 4. The van der Waals surface area contributed by atoms with Crippen LogP contribution in [0.5, 0.6) is 0 Å². The lowest BCUT2D eigenvalue weighted by Gasteiger charge is -2.07. The lowest BCUT2D eigenvalue weighted by atomic mass is 10.5. The maximum absolute atomic E-state index is 11.0. The highest BCUT2D eigenvalue weighted by Gasteiger charge is 2.35. The Morgan fingerprint density at radius 1 is 0.750 bits per heavy atom. The van der Waals surface area contributed by atoms with Gasteiger partial charge in [-0.05, 0) is 19.8 Å². The Morgan fingerprint density at radius 2 is 1.07 bits per heavy atom. The summed E-state index contributed by atoms with van der Waals surface area (Å²) in [4.78, 5) is 48.6. The van der Waals surface area contributed by atoms with E-state index in [0.29, 0.717) is 19.4 Å². The summed E-state index contributed by atoms with van der Waals surface area (Å²) in [6.07, 6.45) is 0. The smallest absolute Gasteiger partial charge is 0.390 e. The Hall–Kier alpha value is -4.52. The molecule has 2 rings (SSSR count). The van der Waals surface area contributed by atoms with Crippen LogP contribution in [0.1, 0.15) is 0 Å². The molecule has 0 saturated heterocycles. The van der Waals surface area contributed by atoms with Crippen molar-refractivity contribution in [3.63, 3.8) is 0 Å². The average Bonchev–Trinajstić information content (AvgIpc) is 3.18. The van der Waals surface area contributed by atoms with Gasteiger partial charge in [-0.15, -0.1) is 19.4 Å². The van der Waals surface area contributed by atoms with Crippen LogP contribution in [0, 0.1) is 40.5 Å². The zero-order valence-corrected chi connectivity index (χ0v) is 14.0. The Morgan fingerprint density at radius 3 is 1.32 bits per heavy atom. The van der Waals surface area contributed by atoms with Crippen LogP contribution in [-0.4, -0.2) is 73.6 Å². The second kappa shape index (κ2) is 7.38. The van der Waals surface area contributed by atoms with E-state index in [9.17, 15) is 40.5 Å². The molecule has 0 unspecified atom stereocenters. The van der Waals surface area contributed by atoms with Crippen molar-refractivity contribution in [3.8, 4) is 11.6 Å². The third kappa shape index (κ3) is 4.00. The molecule has 0 fully saturated rings. The van der Waals surface area contributed by atoms with E-state index >= 15 is 0 Å². The molecule has 2 aromatic rings. The zero-order chi connectivity index (χ0) is 21.2. The van der Waals surface area contributed by atoms with Crippen LogP contribution in [0.15, 0.2) is 0 Å². The lowest BCUT2D eigenvalue weighted by Crippen LogP contribution is -2.30. The SMILES string of the molecule is CN(Cn1nc([N+](=O)[O-])nc1-c1nc([N+](=O)[O-])nn1CN(C)[N+](=O)[O-])[N+](=O)[O-]. The molecule has 0 atom stereocenters. The van der Waals surface area contributed by atoms with Crippen LogP contribution in [0.4, 0.5) is 11.9 Å². The van der Waals surface area contributed by atoms with Crippen molar-refractivity contribution in [2.75, 3.05) is 14.1 Å². The summed E-state index contributed by atoms with van der Waals surface area (Å²) in [7, 11) is 2.07. The largest absolute Gasteiger partial charge is 0.491 e. The van der Waals surface area contributed by atoms with Gasteiger partial charge in [0.1, 0.15) is 0 Å². The van der Waals surface area contributed by atoms with Crippen LogP contribution in [0.2, 0.25) is 0 Å². The van der Waals surface area contributed by atoms with Crippen molar-refractivity contribution in [2.45, 2.75) is 13.3 Å². The highest BCUT2D eigenvalue weighted by atomic mass is 16.7. The Labute approximate surface area is 152 Å². The van der Waals surface area contributed by atoms with Gasteiger partial charge >= 0.3 is 23.5 Å². The summed E-state index contributed by atoms with van der Waals surface area (Å²) < 4.78 is 1.38. The third-order valence-electron chi connectivity index (χ3n) is 3.08. The molecular formula is C8H10N12O8. The summed E-state index contributed by atoms with van der Waals surface area (Å²) in [5, 5.41) is 49.8. The van der Waals surface area contributed by atoms with Crippen LogP contribution in [0.3, 0.4) is 0 Å². The topological polar surface area (TPSA) is 240 Å². The highest BCUT2D eigenvalue weighted by Crippen LogP contribution is 2.21. The van der Waals surface area contributed by atoms with Gasteiger partial charge in [0.05, 0.1) is 14.1 Å². The molecule has 20 nitrogen and oxygen atoms in total. The fourth-order valence-corrected chi connectivity index (χ4v) is 1.83. The van der Waals surface area contributed by atoms with Gasteiger partial charge in [0, 0.05) is 10.2 Å². The number of hydrogen-bond donors (Lipinski definition) is 0. The van der Waals surface area contributed by atoms with Gasteiger partial charge in [-0.2, -0.15) is 0 Å². The van der Waals surface area contributed by atoms with E-state index in [0.717, 1.165) is 14.1 Å². The second-order valence-corrected chi connectivity index (χ2v) is 5.06. The van der Waals surface area contributed by atoms with Crippen molar-refractivity contribution in [1.82, 2.24) is 39.5 Å². The van der Waals surface area contributed by atoms with Crippen molar-refractivity contribution in [1.29, 1.82) is 0 Å². The number of rotatable bonds is 9. The minimum Gasteiger partial charge on any atom is -0.390 e. The molecule has 0 saturated carbocycles. The molecule has 0 amide bonds. The number of hydrazine groups is 2. The van der Waals surface area contributed by atoms with Crippen molar-refractivity contribution in [2.24, 2.45) is 0 Å². The van der Waals surface area contributed by atoms with Crippen LogP contribution in [0.25, 0.3) is 11.6 Å². The quantitative estimate of drug-likeness (QED) is 0.343. The van der Waals surface area contributed by atoms with E-state index in [-0.39, 0.29) is 0 Å². The molecule has 0 aliphatic carbocycles. The minimum absolute atomic E-state index is 0.488. The van der Waals surface area contributed by atoms with Gasteiger partial charge in [-0.1, -0.05) is 0 Å². The normalized spacial score (nSPS) is 10.5. The fourth-order valence-electron chi connectivity index (χ4n) is 1.83. The zero-order valence-electron chi connectivity index (χ0n) is 14.0. The first-order valence-corrected chi connectivity index (χ1v) is 6.91. The summed E-state index contributed by atoms with van der Waals surface area (Å²) >= 11 is 0. The molecule has 2 heterocycles. The summed E-state index contributed by atoms with van der Waals surface area (Å²) in [6.45, 7) is -1.29. The Kier molecular flexibility index (Phi) is 5.22. The van der Waals surface area contributed by atoms with Gasteiger partial charge in [-0.3, -0.25) is 0 Å². The first-order valence-electron chi connectivity index (χ1n) is 6.91.